The van der Waals surface area contributed by atoms with Crippen LogP contribution in [-0.4, -0.2) is 75.2 Å². The summed E-state index contributed by atoms with van der Waals surface area (Å²) in [5, 5.41) is 21.9. The summed E-state index contributed by atoms with van der Waals surface area (Å²) in [6.45, 7) is 3.58. The van der Waals surface area contributed by atoms with Crippen LogP contribution in [0.15, 0.2) is 65.6 Å². The maximum absolute atomic E-state index is 14.3. The van der Waals surface area contributed by atoms with Crippen molar-refractivity contribution in [3.63, 3.8) is 0 Å². The quantitative estimate of drug-likeness (QED) is 0.154. The van der Waals surface area contributed by atoms with E-state index in [0.717, 1.165) is 0 Å². The molecule has 45 heavy (non-hydrogen) atoms. The second-order valence-corrected chi connectivity index (χ2v) is 12.6. The highest BCUT2D eigenvalue weighted by atomic mass is 31.2. The average Bonchev–Trinajstić information content (AvgIpc) is 3.52. The standard InChI is InChI=1S/C27H34F3N8O6P/c1-16-7-8-26(45(41,42)43,21(10-16)44-4)37-25-32-13-19(27(28,29)30)23(36-25)35-20-6-5-9-38(14-17(2)15-39,18-11-33-34-12-18)22(20)24(40)31-3/h5-7,10-13,17,39H,8-9,14-15H2,1-4H3,(H5-,31,32,33,34,35,36,37,40,41,42,43). The number of aromatic amines is 1. The molecule has 0 spiro atoms. The molecule has 0 bridgehead atoms. The summed E-state index contributed by atoms with van der Waals surface area (Å²) in [6, 6.07) is 0. The number of carbonyl (C=O) groups excluding carboxylic acids is 1. The minimum Gasteiger partial charge on any atom is -0.777 e. The van der Waals surface area contributed by atoms with Crippen LogP contribution in [-0.2, 0) is 20.3 Å². The molecule has 244 valence electrons. The molecule has 0 saturated heterocycles. The number of aliphatic hydroxyl groups excluding tert-OH is 1. The maximum Gasteiger partial charge on any atom is 0.421 e. The van der Waals surface area contributed by atoms with Crippen molar-refractivity contribution in [3.05, 3.63) is 71.2 Å². The molecular formula is C27H34F3N8O6P. The van der Waals surface area contributed by atoms with Crippen LogP contribution in [0.4, 0.5) is 30.6 Å². The first kappa shape index (κ1) is 33.9. The molecule has 3 heterocycles. The largest absolute Gasteiger partial charge is 0.777 e. The van der Waals surface area contributed by atoms with E-state index in [2.05, 4.69) is 36.1 Å². The third kappa shape index (κ3) is 6.53. The van der Waals surface area contributed by atoms with Gasteiger partial charge in [0, 0.05) is 25.6 Å². The molecule has 1 aliphatic carbocycles. The van der Waals surface area contributed by atoms with Gasteiger partial charge in [-0.2, -0.15) is 23.3 Å². The molecule has 14 nitrogen and oxygen atoms in total. The average molecular weight is 655 g/mol. The molecule has 0 aromatic carbocycles. The number of H-pyrrole nitrogens is 1. The van der Waals surface area contributed by atoms with E-state index >= 15 is 0 Å². The van der Waals surface area contributed by atoms with Crippen LogP contribution in [0.1, 0.15) is 25.8 Å². The highest BCUT2D eigenvalue weighted by molar-refractivity contribution is 7.52. The minimum absolute atomic E-state index is 0.0105. The molecule has 18 heteroatoms. The molecule has 6 N–H and O–H groups in total. The molecule has 1 amide bonds. The number of quaternary nitrogens is 1. The van der Waals surface area contributed by atoms with E-state index in [0.29, 0.717) is 17.5 Å². The van der Waals surface area contributed by atoms with Gasteiger partial charge in [-0.15, -0.1) is 0 Å². The van der Waals surface area contributed by atoms with Gasteiger partial charge in [-0.3, -0.25) is 9.89 Å². The number of ether oxygens (including phenoxy) is 1. The predicted octanol–water partition coefficient (Wildman–Crippen LogP) is 2.33. The molecule has 1 aliphatic heterocycles. The number of methoxy groups -OCH3 is 1. The fraction of sp³-hybridized carbons (Fsp3) is 0.407. The Morgan fingerprint density at radius 3 is 2.67 bits per heavy atom. The van der Waals surface area contributed by atoms with Gasteiger partial charge in [-0.25, -0.2) is 9.47 Å². The van der Waals surface area contributed by atoms with Crippen molar-refractivity contribution in [2.45, 2.75) is 31.7 Å². The Kier molecular flexibility index (Phi) is 9.61. The summed E-state index contributed by atoms with van der Waals surface area (Å²) in [5.41, 5.74) is -0.222. The van der Waals surface area contributed by atoms with Crippen LogP contribution < -0.4 is 25.3 Å². The van der Waals surface area contributed by atoms with Gasteiger partial charge in [0.05, 0.1) is 26.5 Å². The lowest BCUT2D eigenvalue weighted by Crippen LogP contribution is -2.57. The van der Waals surface area contributed by atoms with Crippen molar-refractivity contribution >= 4 is 31.0 Å². The lowest BCUT2D eigenvalue weighted by molar-refractivity contribution is -0.199. The van der Waals surface area contributed by atoms with Gasteiger partial charge < -0.3 is 40.1 Å². The van der Waals surface area contributed by atoms with Crippen LogP contribution in [0.5, 0.6) is 0 Å². The number of halogens is 3. The Balaban J connectivity index is 1.90. The highest BCUT2D eigenvalue weighted by Gasteiger charge is 2.48. The monoisotopic (exact) mass is 654 g/mol. The lowest BCUT2D eigenvalue weighted by atomic mass is 10.0. The number of rotatable bonds is 11. The smallest absolute Gasteiger partial charge is 0.421 e. The summed E-state index contributed by atoms with van der Waals surface area (Å²) in [6.07, 6.45) is 4.11. The normalized spacial score (nSPS) is 23.9. The number of likely N-dealkylation sites (N-methyl/N-ethyl adjacent to an activating group) is 1. The van der Waals surface area contributed by atoms with Gasteiger partial charge in [0.2, 0.25) is 11.6 Å². The van der Waals surface area contributed by atoms with E-state index < -0.39 is 42.3 Å². The highest BCUT2D eigenvalue weighted by Crippen LogP contribution is 2.55. The number of carbonyl (C=O) groups is 1. The third-order valence-electron chi connectivity index (χ3n) is 7.59. The van der Waals surface area contributed by atoms with E-state index in [1.165, 1.54) is 38.6 Å². The first-order valence-corrected chi connectivity index (χ1v) is 15.3. The fourth-order valence-electron chi connectivity index (χ4n) is 5.38. The molecule has 2 aromatic heterocycles. The Hall–Kier alpha value is -4.02. The number of aliphatic hydroxyl groups is 1. The van der Waals surface area contributed by atoms with E-state index in [-0.39, 0.29) is 53.7 Å². The molecular weight excluding hydrogens is 620 g/mol. The van der Waals surface area contributed by atoms with Crippen molar-refractivity contribution in [2.75, 3.05) is 44.5 Å². The number of nitrogens with zero attached hydrogens (tertiary/aromatic N) is 4. The number of amides is 1. The van der Waals surface area contributed by atoms with Gasteiger partial charge in [-0.05, 0) is 25.2 Å². The zero-order valence-corrected chi connectivity index (χ0v) is 25.7. The van der Waals surface area contributed by atoms with Gasteiger partial charge in [0.15, 0.2) is 18.6 Å². The Labute approximate surface area is 256 Å². The summed E-state index contributed by atoms with van der Waals surface area (Å²) in [4.78, 5) is 44.1. The van der Waals surface area contributed by atoms with Crippen LogP contribution in [0.2, 0.25) is 0 Å². The molecule has 4 unspecified atom stereocenters. The molecule has 4 rings (SSSR count). The summed E-state index contributed by atoms with van der Waals surface area (Å²) in [7, 11) is -2.79. The molecule has 0 saturated carbocycles. The van der Waals surface area contributed by atoms with Crippen LogP contribution >= 0.6 is 7.60 Å². The minimum atomic E-state index is -5.35. The van der Waals surface area contributed by atoms with E-state index in [4.69, 9.17) is 4.74 Å². The second-order valence-electron chi connectivity index (χ2n) is 10.8. The van der Waals surface area contributed by atoms with Gasteiger partial charge in [0.1, 0.15) is 35.6 Å². The van der Waals surface area contributed by atoms with E-state index in [1.54, 1.807) is 26.1 Å². The van der Waals surface area contributed by atoms with Crippen molar-refractivity contribution in [3.8, 4) is 0 Å². The van der Waals surface area contributed by atoms with E-state index in [1.807, 2.05) is 0 Å². The first-order chi connectivity index (χ1) is 21.1. The SMILES string of the molecule is CNC(=O)C1=C(Nc2nc(NC3(P(=O)([O-])O)CC=C(C)C=C3OC)ncc2C(F)(F)F)C=CC[N+]1(CC(C)CO)c1cn[nH]c1. The van der Waals surface area contributed by atoms with Crippen LogP contribution in [0.3, 0.4) is 0 Å². The molecule has 4 atom stereocenters. The van der Waals surface area contributed by atoms with Crippen molar-refractivity contribution in [2.24, 2.45) is 5.92 Å². The lowest BCUT2D eigenvalue weighted by Gasteiger charge is -2.43. The maximum atomic E-state index is 14.3. The Bertz CT molecular complexity index is 1600. The topological polar surface area (TPSA) is 197 Å². The van der Waals surface area contributed by atoms with Crippen molar-refractivity contribution in [1.29, 1.82) is 0 Å². The van der Waals surface area contributed by atoms with Crippen LogP contribution in [0.25, 0.3) is 0 Å². The number of hydrogen-bond donors (Lipinski definition) is 6. The first-order valence-electron chi connectivity index (χ1n) is 13.7. The summed E-state index contributed by atoms with van der Waals surface area (Å²) in [5.74, 6) is -2.58. The zero-order valence-electron chi connectivity index (χ0n) is 24.8. The van der Waals surface area contributed by atoms with Crippen molar-refractivity contribution in [1.82, 2.24) is 30.0 Å². The predicted molar refractivity (Wildman–Crippen MR) is 157 cm³/mol. The van der Waals surface area contributed by atoms with Gasteiger partial charge in [0.25, 0.3) is 0 Å². The summed E-state index contributed by atoms with van der Waals surface area (Å²) < 4.78 is 60.5. The van der Waals surface area contributed by atoms with Crippen molar-refractivity contribution < 1.29 is 42.2 Å². The third-order valence-corrected chi connectivity index (χ3v) is 9.07. The summed E-state index contributed by atoms with van der Waals surface area (Å²) >= 11 is 0. The number of hydrogen-bond acceptors (Lipinski definition) is 10. The molecule has 0 radical (unpaired) electrons. The number of anilines is 2. The Morgan fingerprint density at radius 2 is 2.09 bits per heavy atom. The molecule has 2 aromatic rings. The number of alkyl halides is 3. The van der Waals surface area contributed by atoms with E-state index in [9.17, 15) is 37.4 Å². The second kappa shape index (κ2) is 12.8. The number of allylic oxidation sites excluding steroid dienone is 3. The Morgan fingerprint density at radius 1 is 1.36 bits per heavy atom. The zero-order chi connectivity index (χ0) is 33.2. The number of nitrogens with one attached hydrogen (secondary N) is 4. The fourth-order valence-corrected chi connectivity index (χ4v) is 6.38. The molecule has 0 fully saturated rings. The number of aromatic nitrogens is 4. The molecule has 2 aliphatic rings. The van der Waals surface area contributed by atoms with Gasteiger partial charge >= 0.3 is 12.1 Å². The van der Waals surface area contributed by atoms with Crippen LogP contribution in [0, 0.1) is 5.92 Å². The van der Waals surface area contributed by atoms with Gasteiger partial charge in [-0.1, -0.05) is 18.6 Å².